The molecule has 1 spiro atoms. The molecule has 0 saturated carbocycles. The van der Waals surface area contributed by atoms with Gasteiger partial charge in [-0.25, -0.2) is 0 Å². The second-order valence-corrected chi connectivity index (χ2v) is 19.3. The summed E-state index contributed by atoms with van der Waals surface area (Å²) in [7, 11) is -0.697. The van der Waals surface area contributed by atoms with Crippen LogP contribution in [-0.4, -0.2) is 72.9 Å². The zero-order valence-electron chi connectivity index (χ0n) is 29.8. The van der Waals surface area contributed by atoms with Gasteiger partial charge in [-0.05, 0) is 73.8 Å². The summed E-state index contributed by atoms with van der Waals surface area (Å²) in [6.07, 6.45) is 4.45. The highest BCUT2D eigenvalue weighted by Crippen LogP contribution is 2.61. The van der Waals surface area contributed by atoms with E-state index in [-0.39, 0.29) is 41.9 Å². The molecule has 0 bridgehead atoms. The van der Waals surface area contributed by atoms with E-state index in [1.165, 1.54) is 5.19 Å². The normalized spacial score (nSPS) is 24.6. The van der Waals surface area contributed by atoms with Crippen LogP contribution >= 0.6 is 0 Å². The molecule has 3 aliphatic rings. The van der Waals surface area contributed by atoms with E-state index in [4.69, 9.17) is 9.47 Å². The Morgan fingerprint density at radius 3 is 2.63 bits per heavy atom. The molecule has 7 rings (SSSR count). The molecule has 1 aromatic heterocycles. The molecule has 2 amide bonds. The maximum absolute atomic E-state index is 15.2. The lowest BCUT2D eigenvalue weighted by Crippen LogP contribution is -2.51. The highest BCUT2D eigenvalue weighted by atomic mass is 28.3. The van der Waals surface area contributed by atoms with Crippen molar-refractivity contribution in [3.63, 3.8) is 0 Å². The van der Waals surface area contributed by atoms with Gasteiger partial charge in [0.25, 0.3) is 5.91 Å². The van der Waals surface area contributed by atoms with E-state index < -0.39 is 13.7 Å². The summed E-state index contributed by atoms with van der Waals surface area (Å²) < 4.78 is 14.6. The van der Waals surface area contributed by atoms with Crippen LogP contribution in [0.15, 0.2) is 79.0 Å². The van der Waals surface area contributed by atoms with Crippen molar-refractivity contribution in [2.75, 3.05) is 37.0 Å². The first-order valence-electron chi connectivity index (χ1n) is 18.0. The number of aliphatic hydroxyl groups is 1. The molecule has 3 aromatic carbocycles. The third-order valence-corrected chi connectivity index (χ3v) is 15.6. The first-order chi connectivity index (χ1) is 24.7. The Kier molecular flexibility index (Phi) is 9.86. The van der Waals surface area contributed by atoms with Crippen molar-refractivity contribution in [2.24, 2.45) is 11.8 Å². The number of nitrogens with zero attached hydrogens (tertiary/aromatic N) is 4. The second kappa shape index (κ2) is 14.3. The van der Waals surface area contributed by atoms with E-state index in [2.05, 4.69) is 53.1 Å². The highest BCUT2D eigenvalue weighted by Gasteiger charge is 2.66. The number of ether oxygens (including phenoxy) is 2. The number of methoxy groups -OCH3 is 1. The average molecular weight is 709 g/mol. The Morgan fingerprint density at radius 2 is 1.92 bits per heavy atom. The summed E-state index contributed by atoms with van der Waals surface area (Å²) in [6, 6.07) is 23.9. The lowest BCUT2D eigenvalue weighted by Gasteiger charge is -2.37. The fourth-order valence-corrected chi connectivity index (χ4v) is 12.7. The van der Waals surface area contributed by atoms with Crippen LogP contribution in [0.5, 0.6) is 5.75 Å². The smallest absolute Gasteiger partial charge is 0.268 e. The predicted octanol–water partition coefficient (Wildman–Crippen LogP) is 4.74. The summed E-state index contributed by atoms with van der Waals surface area (Å²) in [4.78, 5) is 30.4. The quantitative estimate of drug-likeness (QED) is 0.191. The molecule has 4 heterocycles. The molecule has 0 radical (unpaired) electrons. The maximum Gasteiger partial charge on any atom is 0.268 e. The van der Waals surface area contributed by atoms with Gasteiger partial charge in [-0.3, -0.25) is 19.2 Å². The number of piperidine rings is 1. The van der Waals surface area contributed by atoms with Gasteiger partial charge in [-0.15, -0.1) is 5.10 Å². The number of hydrogen-bond donors (Lipinski definition) is 3. The molecule has 2 fully saturated rings. The van der Waals surface area contributed by atoms with Gasteiger partial charge in [0.15, 0.2) is 5.60 Å². The Morgan fingerprint density at radius 1 is 1.14 bits per heavy atom. The molecule has 4 aromatic rings. The molecule has 1 unspecified atom stereocenters. The minimum atomic E-state index is -2.37. The molecule has 11 nitrogen and oxygen atoms in total. The Balaban J connectivity index is 1.31. The van der Waals surface area contributed by atoms with Crippen LogP contribution in [0, 0.1) is 11.8 Å². The Bertz CT molecular complexity index is 1860. The van der Waals surface area contributed by atoms with Gasteiger partial charge in [0.2, 0.25) is 5.91 Å². The summed E-state index contributed by atoms with van der Waals surface area (Å²) in [5.74, 6) is 0.353. The second-order valence-electron chi connectivity index (χ2n) is 14.6. The molecule has 2 saturated heterocycles. The minimum Gasteiger partial charge on any atom is -0.497 e. The highest BCUT2D eigenvalue weighted by molar-refractivity contribution is 6.91. The van der Waals surface area contributed by atoms with Crippen LogP contribution in [0.25, 0.3) is 0 Å². The maximum atomic E-state index is 15.2. The zero-order chi connectivity index (χ0) is 35.8. The summed E-state index contributed by atoms with van der Waals surface area (Å²) in [5.41, 5.74) is 2.46. The predicted molar refractivity (Wildman–Crippen MR) is 199 cm³/mol. The van der Waals surface area contributed by atoms with Crippen LogP contribution < -0.4 is 25.5 Å². The lowest BCUT2D eigenvalue weighted by atomic mass is 9.82. The van der Waals surface area contributed by atoms with Crippen molar-refractivity contribution >= 4 is 42.1 Å². The number of aliphatic hydroxyl groups excluding tert-OH is 1. The van der Waals surface area contributed by atoms with E-state index in [0.29, 0.717) is 31.6 Å². The largest absolute Gasteiger partial charge is 0.497 e. The number of amides is 2. The monoisotopic (exact) mass is 708 g/mol. The minimum absolute atomic E-state index is 0.00755. The van der Waals surface area contributed by atoms with E-state index >= 15 is 4.79 Å². The van der Waals surface area contributed by atoms with Crippen LogP contribution in [0.3, 0.4) is 0 Å². The molecular weight excluding hydrogens is 661 g/mol. The molecule has 51 heavy (non-hydrogen) atoms. The third kappa shape index (κ3) is 6.39. The molecule has 0 aliphatic carbocycles. The van der Waals surface area contributed by atoms with Gasteiger partial charge in [-0.2, -0.15) is 0 Å². The lowest BCUT2D eigenvalue weighted by molar-refractivity contribution is -0.145. The number of nitrogens with one attached hydrogen (secondary N) is 2. The number of carbonyl (C=O) groups is 2. The first kappa shape index (κ1) is 35.1. The number of benzene rings is 3. The van der Waals surface area contributed by atoms with Gasteiger partial charge in [-0.1, -0.05) is 60.7 Å². The van der Waals surface area contributed by atoms with Gasteiger partial charge < -0.3 is 25.2 Å². The number of rotatable bonds is 11. The van der Waals surface area contributed by atoms with E-state index in [1.807, 2.05) is 66.9 Å². The van der Waals surface area contributed by atoms with Gasteiger partial charge in [0.05, 0.1) is 38.6 Å². The first-order valence-corrected chi connectivity index (χ1v) is 21.1. The molecular formula is C39H48N6O5Si. The fraction of sp³-hybridized carbons (Fsp3) is 0.436. The Hall–Kier alpha value is -4.36. The zero-order valence-corrected chi connectivity index (χ0v) is 30.8. The van der Waals surface area contributed by atoms with Crippen LogP contribution in [0.4, 0.5) is 17.1 Å². The van der Waals surface area contributed by atoms with Gasteiger partial charge in [0.1, 0.15) is 5.75 Å². The van der Waals surface area contributed by atoms with Crippen molar-refractivity contribution in [3.8, 4) is 5.75 Å². The van der Waals surface area contributed by atoms with Crippen LogP contribution in [0.1, 0.15) is 37.4 Å². The summed E-state index contributed by atoms with van der Waals surface area (Å²) in [6.45, 7) is 9.04. The molecule has 3 aliphatic heterocycles. The summed E-state index contributed by atoms with van der Waals surface area (Å²) in [5, 5.41) is 25.7. The van der Waals surface area contributed by atoms with Crippen molar-refractivity contribution < 1.29 is 24.2 Å². The van der Waals surface area contributed by atoms with E-state index in [9.17, 15) is 9.90 Å². The SMILES string of the molecule is COc1ccc([Si](C)(C)[C@@H]2[C@@H](CCn3cc(CCO)nn3)O[C@]3(C(=O)N(c4ccccc4)c4ccc(NC(=O)C5CCCNC5)cc43)[C@H]2C)cc1. The van der Waals surface area contributed by atoms with Gasteiger partial charge >= 0.3 is 0 Å². The summed E-state index contributed by atoms with van der Waals surface area (Å²) >= 11 is 0. The van der Waals surface area contributed by atoms with Crippen molar-refractivity contribution in [1.82, 2.24) is 20.3 Å². The van der Waals surface area contributed by atoms with E-state index in [0.717, 1.165) is 47.8 Å². The van der Waals surface area contributed by atoms with Gasteiger partial charge in [0, 0.05) is 55.2 Å². The van der Waals surface area contributed by atoms with Crippen LogP contribution in [-0.2, 0) is 32.9 Å². The number of aryl methyl sites for hydroxylation is 1. The molecule has 5 atom stereocenters. The topological polar surface area (TPSA) is 131 Å². The standard InChI is InChI=1S/C39H48N6O5Si/c1-26-36(51(3,4)32-15-13-31(49-2)14-16-32)35(18-21-44-25-29(19-22-46)42-43-44)50-39(26)33-23-28(41-37(47)27-9-8-20-40-24-27)12-17-34(33)45(38(39)48)30-10-6-5-7-11-30/h5-7,10-17,23,25-27,35-36,40,46H,8-9,18-22,24H2,1-4H3,(H,41,47)/t26-,27?,35+,36-,39+/m0/s1. The van der Waals surface area contributed by atoms with Crippen molar-refractivity contribution in [2.45, 2.75) is 69.5 Å². The molecule has 12 heteroatoms. The number of aromatic nitrogens is 3. The van der Waals surface area contributed by atoms with Crippen LogP contribution in [0.2, 0.25) is 18.6 Å². The third-order valence-electron chi connectivity index (χ3n) is 11.3. The number of para-hydroxylation sites is 1. The Labute approximate surface area is 300 Å². The fourth-order valence-electron chi connectivity index (χ4n) is 8.68. The van der Waals surface area contributed by atoms with Crippen molar-refractivity contribution in [3.05, 3.63) is 90.3 Å². The number of carbonyl (C=O) groups excluding carboxylic acids is 2. The average Bonchev–Trinajstić information content (AvgIpc) is 3.80. The van der Waals surface area contributed by atoms with E-state index in [1.54, 1.807) is 16.7 Å². The number of hydrogen-bond acceptors (Lipinski definition) is 8. The molecule has 3 N–H and O–H groups in total. The molecule has 268 valence electrons. The number of fused-ring (bicyclic) bond motifs is 2. The van der Waals surface area contributed by atoms with Crippen molar-refractivity contribution in [1.29, 1.82) is 0 Å². The number of anilines is 3.